The van der Waals surface area contributed by atoms with Crippen molar-refractivity contribution < 1.29 is 9.59 Å². The third-order valence-electron chi connectivity index (χ3n) is 6.17. The van der Waals surface area contributed by atoms with Crippen molar-refractivity contribution in [3.63, 3.8) is 0 Å². The number of hydrogen-bond donors (Lipinski definition) is 1. The third-order valence-corrected chi connectivity index (χ3v) is 6.17. The Kier molecular flexibility index (Phi) is 4.34. The molecule has 2 aliphatic rings. The van der Waals surface area contributed by atoms with E-state index in [2.05, 4.69) is 22.1 Å². The number of benzene rings is 2. The lowest BCUT2D eigenvalue weighted by Crippen LogP contribution is -2.65. The number of nitrogens with one attached hydrogen (secondary N) is 1. The van der Waals surface area contributed by atoms with Crippen molar-refractivity contribution >= 4 is 22.8 Å². The molecule has 0 saturated carbocycles. The molecule has 0 aliphatic carbocycles. The van der Waals surface area contributed by atoms with Gasteiger partial charge in [0.15, 0.2) is 0 Å². The van der Waals surface area contributed by atoms with Crippen LogP contribution >= 0.6 is 0 Å². The Bertz CT molecular complexity index is 1050. The van der Waals surface area contributed by atoms with Gasteiger partial charge in [0.25, 0.3) is 5.91 Å². The van der Waals surface area contributed by atoms with Crippen molar-refractivity contribution in [2.45, 2.75) is 19.3 Å². The van der Waals surface area contributed by atoms with Gasteiger partial charge in [0, 0.05) is 31.7 Å². The highest BCUT2D eigenvalue weighted by Crippen LogP contribution is 2.38. The maximum Gasteiger partial charge on any atom is 0.253 e. The number of fused-ring (bicyclic) bond motifs is 1. The lowest BCUT2D eigenvalue weighted by atomic mass is 9.73. The molecule has 3 aromatic rings. The number of hydrogen-bond acceptors (Lipinski definition) is 3. The molecule has 2 fully saturated rings. The van der Waals surface area contributed by atoms with E-state index in [9.17, 15) is 9.59 Å². The highest BCUT2D eigenvalue weighted by molar-refractivity contribution is 5.99. The average molecular weight is 388 g/mol. The van der Waals surface area contributed by atoms with Gasteiger partial charge in [0.05, 0.1) is 22.8 Å². The number of likely N-dealkylation sites (tertiary alicyclic amines) is 2. The van der Waals surface area contributed by atoms with Crippen molar-refractivity contribution in [1.29, 1.82) is 0 Å². The molecule has 2 saturated heterocycles. The van der Waals surface area contributed by atoms with E-state index in [0.29, 0.717) is 25.1 Å². The van der Waals surface area contributed by atoms with Gasteiger partial charge < -0.3 is 14.8 Å². The predicted molar refractivity (Wildman–Crippen MR) is 110 cm³/mol. The van der Waals surface area contributed by atoms with Gasteiger partial charge >= 0.3 is 0 Å². The van der Waals surface area contributed by atoms with Gasteiger partial charge in [-0.3, -0.25) is 9.59 Å². The number of imidazole rings is 1. The number of amides is 2. The van der Waals surface area contributed by atoms with Crippen molar-refractivity contribution in [2.75, 3.05) is 26.2 Å². The minimum absolute atomic E-state index is 0.0283. The summed E-state index contributed by atoms with van der Waals surface area (Å²) in [5.41, 5.74) is 2.95. The van der Waals surface area contributed by atoms with Crippen LogP contribution in [-0.2, 0) is 11.2 Å². The third kappa shape index (κ3) is 3.18. The Morgan fingerprint density at radius 2 is 1.76 bits per heavy atom. The summed E-state index contributed by atoms with van der Waals surface area (Å²) in [6, 6.07) is 15.6. The minimum atomic E-state index is -0.514. The van der Waals surface area contributed by atoms with Crippen LogP contribution in [0.15, 0.2) is 54.9 Å². The highest BCUT2D eigenvalue weighted by Gasteiger charge is 2.52. The summed E-state index contributed by atoms with van der Waals surface area (Å²) in [7, 11) is 0. The second kappa shape index (κ2) is 7.03. The van der Waals surface area contributed by atoms with Crippen molar-refractivity contribution in [2.24, 2.45) is 5.41 Å². The molecule has 6 heteroatoms. The fourth-order valence-corrected chi connectivity index (χ4v) is 4.64. The molecule has 2 aromatic carbocycles. The molecule has 29 heavy (non-hydrogen) atoms. The molecule has 2 amide bonds. The largest absolute Gasteiger partial charge is 0.345 e. The second-order valence-electron chi connectivity index (χ2n) is 8.24. The Labute approximate surface area is 169 Å². The normalized spacial score (nSPS) is 18.1. The molecule has 0 unspecified atom stereocenters. The zero-order valence-corrected chi connectivity index (χ0v) is 16.3. The van der Waals surface area contributed by atoms with Crippen molar-refractivity contribution in [3.05, 3.63) is 66.0 Å². The molecule has 6 nitrogen and oxygen atoms in total. The molecule has 148 valence electrons. The summed E-state index contributed by atoms with van der Waals surface area (Å²) in [6.45, 7) is 2.60. The SMILES string of the molecule is O=C(c1ccc2nc[nH]c2c1)N1CC(Cc2ccccc2)(C(=O)N2CCCC2)C1. The lowest BCUT2D eigenvalue weighted by molar-refractivity contribution is -0.149. The highest BCUT2D eigenvalue weighted by atomic mass is 16.2. The fourth-order valence-electron chi connectivity index (χ4n) is 4.64. The molecule has 0 spiro atoms. The molecule has 0 bridgehead atoms. The maximum atomic E-state index is 13.4. The van der Waals surface area contributed by atoms with Gasteiger partial charge in [-0.05, 0) is 43.0 Å². The smallest absolute Gasteiger partial charge is 0.253 e. The Balaban J connectivity index is 1.37. The zero-order chi connectivity index (χ0) is 19.8. The van der Waals surface area contributed by atoms with Crippen LogP contribution < -0.4 is 0 Å². The van der Waals surface area contributed by atoms with E-state index < -0.39 is 5.41 Å². The minimum Gasteiger partial charge on any atom is -0.345 e. The number of carbonyl (C=O) groups is 2. The number of carbonyl (C=O) groups excluding carboxylic acids is 2. The average Bonchev–Trinajstić information content (AvgIpc) is 3.41. The molecule has 2 aliphatic heterocycles. The topological polar surface area (TPSA) is 69.3 Å². The van der Waals surface area contributed by atoms with E-state index in [1.807, 2.05) is 41.3 Å². The van der Waals surface area contributed by atoms with Crippen LogP contribution in [0, 0.1) is 5.41 Å². The molecular formula is C23H24N4O2. The predicted octanol–water partition coefficient (Wildman–Crippen LogP) is 2.87. The van der Waals surface area contributed by atoms with E-state index in [1.165, 1.54) is 0 Å². The van der Waals surface area contributed by atoms with Gasteiger partial charge in [0.1, 0.15) is 0 Å². The van der Waals surface area contributed by atoms with Crippen LogP contribution in [0.5, 0.6) is 0 Å². The summed E-state index contributed by atoms with van der Waals surface area (Å²) < 4.78 is 0. The fraction of sp³-hybridized carbons (Fsp3) is 0.348. The standard InChI is InChI=1S/C23H24N4O2/c28-21(18-8-9-19-20(12-18)25-16-24-19)27-14-23(15-27,13-17-6-2-1-3-7-17)22(29)26-10-4-5-11-26/h1-3,6-9,12,16H,4-5,10-11,13-15H2,(H,24,25). The summed E-state index contributed by atoms with van der Waals surface area (Å²) in [5.74, 6) is 0.173. The van der Waals surface area contributed by atoms with E-state index >= 15 is 0 Å². The molecule has 5 rings (SSSR count). The number of H-pyrrole nitrogens is 1. The molecule has 1 N–H and O–H groups in total. The zero-order valence-electron chi connectivity index (χ0n) is 16.3. The van der Waals surface area contributed by atoms with Gasteiger partial charge in [-0.1, -0.05) is 30.3 Å². The van der Waals surface area contributed by atoms with Crippen LogP contribution in [0.1, 0.15) is 28.8 Å². The molecule has 0 radical (unpaired) electrons. The van der Waals surface area contributed by atoms with Crippen LogP contribution in [0.3, 0.4) is 0 Å². The number of rotatable bonds is 4. The quantitative estimate of drug-likeness (QED) is 0.747. The molecule has 1 aromatic heterocycles. The Morgan fingerprint density at radius 1 is 1.00 bits per heavy atom. The van der Waals surface area contributed by atoms with E-state index in [-0.39, 0.29) is 11.8 Å². The maximum absolute atomic E-state index is 13.4. The van der Waals surface area contributed by atoms with E-state index in [1.54, 1.807) is 11.2 Å². The first kappa shape index (κ1) is 17.9. The van der Waals surface area contributed by atoms with Gasteiger partial charge in [0.2, 0.25) is 5.91 Å². The van der Waals surface area contributed by atoms with Crippen molar-refractivity contribution in [1.82, 2.24) is 19.8 Å². The summed E-state index contributed by atoms with van der Waals surface area (Å²) in [5, 5.41) is 0. The first-order valence-electron chi connectivity index (χ1n) is 10.2. The number of nitrogens with zero attached hydrogens (tertiary/aromatic N) is 3. The molecular weight excluding hydrogens is 364 g/mol. The Hall–Kier alpha value is -3.15. The summed E-state index contributed by atoms with van der Waals surface area (Å²) >= 11 is 0. The number of aromatic amines is 1. The van der Waals surface area contributed by atoms with Crippen LogP contribution in [-0.4, -0.2) is 57.8 Å². The first-order valence-corrected chi connectivity index (χ1v) is 10.2. The van der Waals surface area contributed by atoms with Crippen LogP contribution in [0.25, 0.3) is 11.0 Å². The van der Waals surface area contributed by atoms with Crippen LogP contribution in [0.4, 0.5) is 0 Å². The lowest BCUT2D eigenvalue weighted by Gasteiger charge is -2.50. The second-order valence-corrected chi connectivity index (χ2v) is 8.24. The van der Waals surface area contributed by atoms with Gasteiger partial charge in [-0.2, -0.15) is 0 Å². The van der Waals surface area contributed by atoms with Crippen molar-refractivity contribution in [3.8, 4) is 0 Å². The van der Waals surface area contributed by atoms with E-state index in [0.717, 1.165) is 42.5 Å². The first-order chi connectivity index (χ1) is 14.1. The van der Waals surface area contributed by atoms with Gasteiger partial charge in [-0.15, -0.1) is 0 Å². The monoisotopic (exact) mass is 388 g/mol. The number of aromatic nitrogens is 2. The molecule has 0 atom stereocenters. The summed E-state index contributed by atoms with van der Waals surface area (Å²) in [4.78, 5) is 37.5. The Morgan fingerprint density at radius 3 is 2.52 bits per heavy atom. The van der Waals surface area contributed by atoms with Crippen LogP contribution in [0.2, 0.25) is 0 Å². The summed E-state index contributed by atoms with van der Waals surface area (Å²) in [6.07, 6.45) is 4.44. The molecule has 3 heterocycles. The van der Waals surface area contributed by atoms with Gasteiger partial charge in [-0.25, -0.2) is 4.98 Å². The van der Waals surface area contributed by atoms with E-state index in [4.69, 9.17) is 0 Å².